The smallest absolute Gasteiger partial charge is 0.332 e. The molecule has 2 amide bonds. The van der Waals surface area contributed by atoms with Gasteiger partial charge in [0.05, 0.1) is 6.21 Å². The Labute approximate surface area is 118 Å². The third-order valence-corrected chi connectivity index (χ3v) is 3.04. The van der Waals surface area contributed by atoms with Crippen LogP contribution in [-0.2, 0) is 0 Å². The lowest BCUT2D eigenvalue weighted by atomic mass is 10.1. The number of hydrogen-bond donors (Lipinski definition) is 2. The molecule has 2 aromatic rings. The summed E-state index contributed by atoms with van der Waals surface area (Å²) in [5.41, 5.74) is 9.10. The number of carbonyl (C=O) groups is 1. The molecular formula is C13H12BrN3O2. The average molecular weight is 322 g/mol. The normalized spacial score (nSPS) is 10.8. The standard InChI is InChI=1S/C13H12BrN3O2/c1-8-2-4-10(11(14)6-8)12-5-3-9(19-12)7-16-17-13(15)18/h2-7H,1H3,(H3,15,17,18)/b16-7-. The van der Waals surface area contributed by atoms with Crippen LogP contribution >= 0.6 is 15.9 Å². The highest BCUT2D eigenvalue weighted by molar-refractivity contribution is 9.10. The molecule has 0 aliphatic rings. The lowest BCUT2D eigenvalue weighted by Gasteiger charge is -2.01. The van der Waals surface area contributed by atoms with E-state index in [9.17, 15) is 4.79 Å². The van der Waals surface area contributed by atoms with E-state index in [-0.39, 0.29) is 0 Å². The van der Waals surface area contributed by atoms with Gasteiger partial charge in [-0.2, -0.15) is 5.10 Å². The van der Waals surface area contributed by atoms with Gasteiger partial charge < -0.3 is 10.2 Å². The van der Waals surface area contributed by atoms with Crippen molar-refractivity contribution in [2.75, 3.05) is 0 Å². The summed E-state index contributed by atoms with van der Waals surface area (Å²) in [6.45, 7) is 2.02. The van der Waals surface area contributed by atoms with Crippen molar-refractivity contribution in [3.8, 4) is 11.3 Å². The van der Waals surface area contributed by atoms with Crippen molar-refractivity contribution in [1.29, 1.82) is 0 Å². The number of rotatable bonds is 3. The van der Waals surface area contributed by atoms with E-state index in [0.717, 1.165) is 15.6 Å². The van der Waals surface area contributed by atoms with E-state index in [1.54, 1.807) is 6.07 Å². The van der Waals surface area contributed by atoms with E-state index in [1.807, 2.05) is 31.2 Å². The summed E-state index contributed by atoms with van der Waals surface area (Å²) in [5, 5.41) is 3.63. The molecular weight excluding hydrogens is 310 g/mol. The van der Waals surface area contributed by atoms with Crippen molar-refractivity contribution in [3.63, 3.8) is 0 Å². The van der Waals surface area contributed by atoms with Crippen LogP contribution in [0.3, 0.4) is 0 Å². The Bertz CT molecular complexity index is 635. The topological polar surface area (TPSA) is 80.6 Å². The van der Waals surface area contributed by atoms with Gasteiger partial charge in [-0.1, -0.05) is 22.0 Å². The van der Waals surface area contributed by atoms with E-state index in [0.29, 0.717) is 11.5 Å². The van der Waals surface area contributed by atoms with Crippen molar-refractivity contribution in [2.24, 2.45) is 10.8 Å². The zero-order valence-corrected chi connectivity index (χ0v) is 11.8. The molecule has 1 heterocycles. The number of urea groups is 1. The number of carbonyl (C=O) groups excluding carboxylic acids is 1. The zero-order chi connectivity index (χ0) is 13.8. The van der Waals surface area contributed by atoms with Gasteiger partial charge in [-0.05, 0) is 36.8 Å². The van der Waals surface area contributed by atoms with Gasteiger partial charge in [0.25, 0.3) is 0 Å². The monoisotopic (exact) mass is 321 g/mol. The van der Waals surface area contributed by atoms with E-state index in [2.05, 4.69) is 26.5 Å². The molecule has 0 bridgehead atoms. The molecule has 0 spiro atoms. The molecule has 0 fully saturated rings. The molecule has 98 valence electrons. The third kappa shape index (κ3) is 3.45. The Morgan fingerprint density at radius 2 is 2.21 bits per heavy atom. The Kier molecular flexibility index (Phi) is 4.01. The van der Waals surface area contributed by atoms with Crippen molar-refractivity contribution in [1.82, 2.24) is 5.43 Å². The number of benzene rings is 1. The molecule has 0 aliphatic carbocycles. The number of aryl methyl sites for hydroxylation is 1. The summed E-state index contributed by atoms with van der Waals surface area (Å²) in [5.74, 6) is 1.24. The highest BCUT2D eigenvalue weighted by Gasteiger charge is 2.07. The van der Waals surface area contributed by atoms with E-state index >= 15 is 0 Å². The van der Waals surface area contributed by atoms with E-state index in [1.165, 1.54) is 6.21 Å². The maximum atomic E-state index is 10.5. The first-order chi connectivity index (χ1) is 9.06. The molecule has 0 aliphatic heterocycles. The minimum atomic E-state index is -0.718. The number of nitrogens with two attached hydrogens (primary N) is 1. The highest BCUT2D eigenvalue weighted by Crippen LogP contribution is 2.30. The maximum absolute atomic E-state index is 10.5. The van der Waals surface area contributed by atoms with Crippen molar-refractivity contribution >= 4 is 28.2 Å². The first-order valence-corrected chi connectivity index (χ1v) is 6.30. The number of nitrogens with one attached hydrogen (secondary N) is 1. The van der Waals surface area contributed by atoms with Crippen molar-refractivity contribution in [2.45, 2.75) is 6.92 Å². The molecule has 19 heavy (non-hydrogen) atoms. The number of primary amides is 1. The third-order valence-electron chi connectivity index (χ3n) is 2.38. The molecule has 1 aromatic heterocycles. The molecule has 0 atom stereocenters. The van der Waals surface area contributed by atoms with E-state index in [4.69, 9.17) is 10.2 Å². The van der Waals surface area contributed by atoms with Crippen LogP contribution in [0, 0.1) is 6.92 Å². The van der Waals surface area contributed by atoms with Crippen LogP contribution < -0.4 is 11.2 Å². The van der Waals surface area contributed by atoms with Gasteiger partial charge in [0.15, 0.2) is 0 Å². The second kappa shape index (κ2) is 5.71. The maximum Gasteiger partial charge on any atom is 0.332 e. The Morgan fingerprint density at radius 1 is 1.42 bits per heavy atom. The van der Waals surface area contributed by atoms with Crippen molar-refractivity contribution in [3.05, 3.63) is 46.1 Å². The second-order valence-corrected chi connectivity index (χ2v) is 4.77. The van der Waals surface area contributed by atoms with Crippen molar-refractivity contribution < 1.29 is 9.21 Å². The van der Waals surface area contributed by atoms with Crippen LogP contribution in [0.1, 0.15) is 11.3 Å². The number of hydrogen-bond acceptors (Lipinski definition) is 3. The highest BCUT2D eigenvalue weighted by atomic mass is 79.9. The first kappa shape index (κ1) is 13.4. The van der Waals surface area contributed by atoms with Crippen LogP contribution in [0.15, 0.2) is 44.3 Å². The quantitative estimate of drug-likeness (QED) is 0.673. The summed E-state index contributed by atoms with van der Waals surface area (Å²) in [4.78, 5) is 10.5. The van der Waals surface area contributed by atoms with Gasteiger partial charge >= 0.3 is 6.03 Å². The lowest BCUT2D eigenvalue weighted by Crippen LogP contribution is -2.24. The summed E-state index contributed by atoms with van der Waals surface area (Å²) in [7, 11) is 0. The molecule has 0 saturated heterocycles. The first-order valence-electron chi connectivity index (χ1n) is 5.51. The van der Waals surface area contributed by atoms with Crippen LogP contribution in [0.5, 0.6) is 0 Å². The fraction of sp³-hybridized carbons (Fsp3) is 0.0769. The summed E-state index contributed by atoms with van der Waals surface area (Å²) in [6.07, 6.45) is 1.39. The number of amides is 2. The number of hydrazone groups is 1. The second-order valence-electron chi connectivity index (χ2n) is 3.92. The van der Waals surface area contributed by atoms with Crippen LogP contribution in [-0.4, -0.2) is 12.2 Å². The van der Waals surface area contributed by atoms with Gasteiger partial charge in [-0.25, -0.2) is 10.2 Å². The van der Waals surface area contributed by atoms with E-state index < -0.39 is 6.03 Å². The molecule has 1 aromatic carbocycles. The Hall–Kier alpha value is -2.08. The van der Waals surface area contributed by atoms with Gasteiger partial charge in [-0.3, -0.25) is 0 Å². The molecule has 3 N–H and O–H groups in total. The molecule has 6 heteroatoms. The molecule has 0 saturated carbocycles. The number of nitrogens with zero attached hydrogens (tertiary/aromatic N) is 1. The van der Waals surface area contributed by atoms with Gasteiger partial charge in [0.1, 0.15) is 11.5 Å². The minimum absolute atomic E-state index is 0.524. The van der Waals surface area contributed by atoms with Crippen LogP contribution in [0.2, 0.25) is 0 Å². The molecule has 5 nitrogen and oxygen atoms in total. The molecule has 0 radical (unpaired) electrons. The predicted molar refractivity (Wildman–Crippen MR) is 76.9 cm³/mol. The Balaban J connectivity index is 2.21. The largest absolute Gasteiger partial charge is 0.455 e. The van der Waals surface area contributed by atoms with Gasteiger partial charge in [-0.15, -0.1) is 0 Å². The summed E-state index contributed by atoms with van der Waals surface area (Å²) in [6, 6.07) is 8.87. The number of furan rings is 1. The van der Waals surface area contributed by atoms with Crippen LogP contribution in [0.25, 0.3) is 11.3 Å². The van der Waals surface area contributed by atoms with Gasteiger partial charge in [0.2, 0.25) is 0 Å². The zero-order valence-electron chi connectivity index (χ0n) is 10.2. The summed E-state index contributed by atoms with van der Waals surface area (Å²) < 4.78 is 6.56. The van der Waals surface area contributed by atoms with Crippen LogP contribution in [0.4, 0.5) is 4.79 Å². The average Bonchev–Trinajstić information content (AvgIpc) is 2.77. The number of halogens is 1. The van der Waals surface area contributed by atoms with Gasteiger partial charge in [0, 0.05) is 10.0 Å². The fourth-order valence-electron chi connectivity index (χ4n) is 1.55. The summed E-state index contributed by atoms with van der Waals surface area (Å²) >= 11 is 3.50. The molecule has 2 rings (SSSR count). The lowest BCUT2D eigenvalue weighted by molar-refractivity contribution is 0.249. The minimum Gasteiger partial charge on any atom is -0.455 e. The SMILES string of the molecule is Cc1ccc(-c2ccc(/C=N\NC(N)=O)o2)c(Br)c1. The fourth-order valence-corrected chi connectivity index (χ4v) is 2.24. The predicted octanol–water partition coefficient (Wildman–Crippen LogP) is 3.02. The Morgan fingerprint density at radius 3 is 2.89 bits per heavy atom. The molecule has 0 unspecified atom stereocenters.